The molecule has 0 atom stereocenters. The molecule has 0 fully saturated rings. The number of benzene rings is 2. The van der Waals surface area contributed by atoms with E-state index in [9.17, 15) is 0 Å². The number of nitrogens with one attached hydrogen (secondary N) is 1. The van der Waals surface area contributed by atoms with Crippen LogP contribution in [0.5, 0.6) is 0 Å². The largest absolute Gasteiger partial charge is 0.343 e. The second-order valence-corrected chi connectivity index (χ2v) is 6.08. The lowest BCUT2D eigenvalue weighted by Gasteiger charge is -2.11. The monoisotopic (exact) mass is 290 g/mol. The first-order chi connectivity index (χ1) is 10.9. The van der Waals surface area contributed by atoms with Gasteiger partial charge in [-0.15, -0.1) is 0 Å². The van der Waals surface area contributed by atoms with Crippen LogP contribution in [0.1, 0.15) is 18.2 Å². The molecule has 0 aliphatic carbocycles. The van der Waals surface area contributed by atoms with E-state index in [0.29, 0.717) is 0 Å². The lowest BCUT2D eigenvalue weighted by atomic mass is 10.0. The van der Waals surface area contributed by atoms with Crippen molar-refractivity contribution in [2.24, 2.45) is 0 Å². The number of hydrogen-bond donors (Lipinski definition) is 1. The third kappa shape index (κ3) is 2.24. The summed E-state index contributed by atoms with van der Waals surface area (Å²) in [5, 5.41) is 4.87. The number of rotatable bonds is 2. The van der Waals surface area contributed by atoms with Gasteiger partial charge in [0.25, 0.3) is 0 Å². The Kier molecular flexibility index (Phi) is 3.47. The molecule has 2 nitrogen and oxygen atoms in total. The summed E-state index contributed by atoms with van der Waals surface area (Å²) < 4.78 is 2.51. The Morgan fingerprint density at radius 1 is 1.05 bits per heavy atom. The molecule has 0 saturated heterocycles. The minimum absolute atomic E-state index is 1.06. The standard InChI is InChI=1S/C20H22N2/c1-2-15-6-8-16(9-7-15)19-5-3-4-17-14-18-10-11-21-12-13-22(18)20(17)19/h3-9,14,21H,2,10-13H2,1H3. The van der Waals surface area contributed by atoms with Crippen LogP contribution in [0, 0.1) is 0 Å². The van der Waals surface area contributed by atoms with Crippen molar-refractivity contribution >= 4 is 10.9 Å². The summed E-state index contributed by atoms with van der Waals surface area (Å²) in [6.45, 7) is 5.40. The lowest BCUT2D eigenvalue weighted by molar-refractivity contribution is 0.658. The van der Waals surface area contributed by atoms with Gasteiger partial charge in [0.15, 0.2) is 0 Å². The average Bonchev–Trinajstić information content (AvgIpc) is 2.76. The van der Waals surface area contributed by atoms with E-state index in [2.05, 4.69) is 65.3 Å². The Hall–Kier alpha value is -2.06. The molecule has 0 amide bonds. The van der Waals surface area contributed by atoms with Crippen LogP contribution in [-0.2, 0) is 19.4 Å². The Bertz CT molecular complexity index is 796. The predicted molar refractivity (Wildman–Crippen MR) is 93.3 cm³/mol. The molecule has 2 heteroatoms. The van der Waals surface area contributed by atoms with Crippen LogP contribution in [0.4, 0.5) is 0 Å². The molecule has 3 aromatic rings. The first-order valence-electron chi connectivity index (χ1n) is 8.28. The first kappa shape index (κ1) is 13.6. The highest BCUT2D eigenvalue weighted by Crippen LogP contribution is 2.32. The summed E-state index contributed by atoms with van der Waals surface area (Å²) in [5.74, 6) is 0. The van der Waals surface area contributed by atoms with Crippen LogP contribution in [0.2, 0.25) is 0 Å². The van der Waals surface area contributed by atoms with E-state index in [4.69, 9.17) is 0 Å². The zero-order chi connectivity index (χ0) is 14.9. The molecule has 0 bridgehead atoms. The quantitative estimate of drug-likeness (QED) is 0.754. The molecule has 1 N–H and O–H groups in total. The smallest absolute Gasteiger partial charge is 0.0562 e. The second-order valence-electron chi connectivity index (χ2n) is 6.08. The van der Waals surface area contributed by atoms with Crippen molar-refractivity contribution < 1.29 is 0 Å². The molecule has 2 aromatic carbocycles. The van der Waals surface area contributed by atoms with E-state index in [0.717, 1.165) is 32.5 Å². The molecular weight excluding hydrogens is 268 g/mol. The third-order valence-electron chi connectivity index (χ3n) is 4.75. The lowest BCUT2D eigenvalue weighted by Crippen LogP contribution is -2.17. The van der Waals surface area contributed by atoms with E-state index in [1.165, 1.54) is 33.3 Å². The van der Waals surface area contributed by atoms with Crippen LogP contribution >= 0.6 is 0 Å². The molecule has 22 heavy (non-hydrogen) atoms. The molecule has 1 aliphatic heterocycles. The summed E-state index contributed by atoms with van der Waals surface area (Å²) in [6.07, 6.45) is 2.21. The van der Waals surface area contributed by atoms with Gasteiger partial charge in [-0.05, 0) is 23.6 Å². The van der Waals surface area contributed by atoms with Gasteiger partial charge in [0.2, 0.25) is 0 Å². The molecule has 0 unspecified atom stereocenters. The zero-order valence-electron chi connectivity index (χ0n) is 13.1. The Labute approximate surface area is 131 Å². The maximum Gasteiger partial charge on any atom is 0.0562 e. The summed E-state index contributed by atoms with van der Waals surface area (Å²) in [7, 11) is 0. The molecule has 0 spiro atoms. The molecule has 1 aromatic heterocycles. The van der Waals surface area contributed by atoms with Crippen LogP contribution < -0.4 is 5.32 Å². The summed E-state index contributed by atoms with van der Waals surface area (Å²) in [6, 6.07) is 18.1. The van der Waals surface area contributed by atoms with Gasteiger partial charge >= 0.3 is 0 Å². The highest BCUT2D eigenvalue weighted by Gasteiger charge is 2.14. The van der Waals surface area contributed by atoms with Crippen LogP contribution in [-0.4, -0.2) is 17.7 Å². The number of aryl methyl sites for hydroxylation is 1. The molecule has 1 aliphatic rings. The number of fused-ring (bicyclic) bond motifs is 3. The SMILES string of the molecule is CCc1ccc(-c2cccc3cc4n(c23)CCNCC4)cc1. The van der Waals surface area contributed by atoms with Gasteiger partial charge in [0.05, 0.1) is 5.52 Å². The van der Waals surface area contributed by atoms with E-state index in [1.807, 2.05) is 0 Å². The normalized spacial score (nSPS) is 14.8. The minimum Gasteiger partial charge on any atom is -0.343 e. The van der Waals surface area contributed by atoms with Gasteiger partial charge in [0.1, 0.15) is 0 Å². The maximum absolute atomic E-state index is 3.50. The van der Waals surface area contributed by atoms with Crippen LogP contribution in [0.3, 0.4) is 0 Å². The molecular formula is C20H22N2. The van der Waals surface area contributed by atoms with Gasteiger partial charge in [-0.1, -0.05) is 49.4 Å². The molecule has 0 saturated carbocycles. The summed E-state index contributed by atoms with van der Waals surface area (Å²) >= 11 is 0. The van der Waals surface area contributed by atoms with Crippen molar-refractivity contribution in [2.45, 2.75) is 26.3 Å². The zero-order valence-corrected chi connectivity index (χ0v) is 13.1. The summed E-state index contributed by atoms with van der Waals surface area (Å²) in [5.41, 5.74) is 6.92. The third-order valence-corrected chi connectivity index (χ3v) is 4.75. The average molecular weight is 290 g/mol. The van der Waals surface area contributed by atoms with Gasteiger partial charge in [-0.3, -0.25) is 0 Å². The highest BCUT2D eigenvalue weighted by atomic mass is 15.0. The van der Waals surface area contributed by atoms with Crippen LogP contribution in [0.15, 0.2) is 48.5 Å². The Balaban J connectivity index is 1.91. The van der Waals surface area contributed by atoms with E-state index < -0.39 is 0 Å². The molecule has 2 heterocycles. The van der Waals surface area contributed by atoms with Crippen molar-refractivity contribution in [1.82, 2.24) is 9.88 Å². The first-order valence-corrected chi connectivity index (χ1v) is 8.28. The molecule has 4 rings (SSSR count). The predicted octanol–water partition coefficient (Wildman–Crippen LogP) is 4.02. The van der Waals surface area contributed by atoms with Crippen molar-refractivity contribution in [2.75, 3.05) is 13.1 Å². The topological polar surface area (TPSA) is 17.0 Å². The minimum atomic E-state index is 1.06. The van der Waals surface area contributed by atoms with E-state index >= 15 is 0 Å². The second kappa shape index (κ2) is 5.62. The highest BCUT2D eigenvalue weighted by molar-refractivity contribution is 5.95. The molecule has 0 radical (unpaired) electrons. The van der Waals surface area contributed by atoms with E-state index in [1.54, 1.807) is 0 Å². The van der Waals surface area contributed by atoms with Gasteiger partial charge < -0.3 is 9.88 Å². The van der Waals surface area contributed by atoms with Crippen molar-refractivity contribution in [3.8, 4) is 11.1 Å². The Morgan fingerprint density at radius 2 is 1.91 bits per heavy atom. The molecule has 112 valence electrons. The Morgan fingerprint density at radius 3 is 2.73 bits per heavy atom. The van der Waals surface area contributed by atoms with Crippen LogP contribution in [0.25, 0.3) is 22.0 Å². The van der Waals surface area contributed by atoms with Gasteiger partial charge in [-0.25, -0.2) is 0 Å². The maximum atomic E-state index is 3.50. The van der Waals surface area contributed by atoms with Gasteiger partial charge in [0, 0.05) is 42.7 Å². The number of aromatic nitrogens is 1. The fourth-order valence-corrected chi connectivity index (χ4v) is 3.53. The van der Waals surface area contributed by atoms with Crippen molar-refractivity contribution in [3.05, 3.63) is 59.8 Å². The number of nitrogens with zero attached hydrogens (tertiary/aromatic N) is 1. The fraction of sp³-hybridized carbons (Fsp3) is 0.300. The van der Waals surface area contributed by atoms with Crippen molar-refractivity contribution in [1.29, 1.82) is 0 Å². The number of hydrogen-bond acceptors (Lipinski definition) is 1. The van der Waals surface area contributed by atoms with Crippen molar-refractivity contribution in [3.63, 3.8) is 0 Å². The van der Waals surface area contributed by atoms with E-state index in [-0.39, 0.29) is 0 Å². The number of para-hydroxylation sites is 1. The fourth-order valence-electron chi connectivity index (χ4n) is 3.53. The van der Waals surface area contributed by atoms with Gasteiger partial charge in [-0.2, -0.15) is 0 Å². The summed E-state index contributed by atoms with van der Waals surface area (Å²) in [4.78, 5) is 0.